The summed E-state index contributed by atoms with van der Waals surface area (Å²) in [5.41, 5.74) is 2.07. The second-order valence-corrected chi connectivity index (χ2v) is 9.39. The van der Waals surface area contributed by atoms with Crippen LogP contribution in [0.1, 0.15) is 52.0 Å². The van der Waals surface area contributed by atoms with Crippen LogP contribution in [0.5, 0.6) is 17.4 Å². The molecule has 0 aliphatic carbocycles. The Bertz CT molecular complexity index is 930. The fraction of sp³-hybridized carbons (Fsp3) is 0.538. The van der Waals surface area contributed by atoms with E-state index in [1.165, 1.54) is 17.5 Å². The zero-order valence-electron chi connectivity index (χ0n) is 20.8. The minimum Gasteiger partial charge on any atom is -0.489 e. The van der Waals surface area contributed by atoms with E-state index in [-0.39, 0.29) is 6.10 Å². The lowest BCUT2D eigenvalue weighted by Gasteiger charge is -2.24. The molecule has 0 bridgehead atoms. The predicted molar refractivity (Wildman–Crippen MR) is 131 cm³/mol. The van der Waals surface area contributed by atoms with Crippen molar-refractivity contribution in [1.82, 2.24) is 9.97 Å². The van der Waals surface area contributed by atoms with Crippen LogP contribution in [0, 0.1) is 0 Å². The highest BCUT2D eigenvalue weighted by Gasteiger charge is 2.29. The van der Waals surface area contributed by atoms with Crippen molar-refractivity contribution < 1.29 is 18.9 Å². The molecular weight excluding hydrogens is 418 g/mol. The SMILES string of the molecule is C=C(C)C[C@@H](C)c1ccc(O[C@@H]2CCN(c3ncnc(OCC(C)(C)OC)c3OC)C2)cc1. The van der Waals surface area contributed by atoms with E-state index in [1.54, 1.807) is 14.2 Å². The Labute approximate surface area is 197 Å². The smallest absolute Gasteiger partial charge is 0.262 e. The average molecular weight is 456 g/mol. The van der Waals surface area contributed by atoms with Crippen LogP contribution in [0.4, 0.5) is 5.82 Å². The molecule has 33 heavy (non-hydrogen) atoms. The third-order valence-electron chi connectivity index (χ3n) is 5.92. The van der Waals surface area contributed by atoms with Gasteiger partial charge >= 0.3 is 0 Å². The van der Waals surface area contributed by atoms with Crippen molar-refractivity contribution in [3.63, 3.8) is 0 Å². The van der Waals surface area contributed by atoms with Crippen LogP contribution in [-0.2, 0) is 4.74 Å². The van der Waals surface area contributed by atoms with E-state index in [1.807, 2.05) is 13.8 Å². The summed E-state index contributed by atoms with van der Waals surface area (Å²) in [4.78, 5) is 10.9. The van der Waals surface area contributed by atoms with Gasteiger partial charge in [-0.05, 0) is 50.8 Å². The standard InChI is InChI=1S/C26H37N3O4/c1-18(2)14-19(3)20-8-10-21(11-9-20)33-22-12-13-29(15-22)24-23(30-6)25(28-17-27-24)32-16-26(4,5)31-7/h8-11,17,19,22H,1,12-16H2,2-7H3/t19-,22-/m1/s1. The fourth-order valence-electron chi connectivity index (χ4n) is 3.88. The third-order valence-corrected chi connectivity index (χ3v) is 5.92. The molecule has 0 unspecified atom stereocenters. The molecule has 1 saturated heterocycles. The molecule has 0 spiro atoms. The number of ether oxygens (including phenoxy) is 4. The van der Waals surface area contributed by atoms with Gasteiger partial charge in [-0.25, -0.2) is 4.98 Å². The van der Waals surface area contributed by atoms with Crippen molar-refractivity contribution >= 4 is 5.82 Å². The van der Waals surface area contributed by atoms with Crippen LogP contribution >= 0.6 is 0 Å². The van der Waals surface area contributed by atoms with Crippen LogP contribution in [0.2, 0.25) is 0 Å². The lowest BCUT2D eigenvalue weighted by molar-refractivity contribution is -0.0164. The van der Waals surface area contributed by atoms with Gasteiger partial charge in [0.25, 0.3) is 5.88 Å². The van der Waals surface area contributed by atoms with Gasteiger partial charge in [0.15, 0.2) is 5.82 Å². The Morgan fingerprint density at radius 1 is 1.21 bits per heavy atom. The topological polar surface area (TPSA) is 65.9 Å². The van der Waals surface area contributed by atoms with E-state index in [0.717, 1.165) is 25.1 Å². The van der Waals surface area contributed by atoms with Crippen LogP contribution in [0.3, 0.4) is 0 Å². The largest absolute Gasteiger partial charge is 0.489 e. The van der Waals surface area contributed by atoms with Crippen LogP contribution in [0.25, 0.3) is 0 Å². The van der Waals surface area contributed by atoms with Gasteiger partial charge in [-0.1, -0.05) is 24.6 Å². The molecular formula is C26H37N3O4. The van der Waals surface area contributed by atoms with Crippen LogP contribution in [-0.4, -0.2) is 55.6 Å². The number of hydrogen-bond acceptors (Lipinski definition) is 7. The van der Waals surface area contributed by atoms with E-state index in [0.29, 0.717) is 36.5 Å². The summed E-state index contributed by atoms with van der Waals surface area (Å²) in [6.45, 7) is 14.1. The first kappa shape index (κ1) is 24.8. The van der Waals surface area contributed by atoms with Crippen molar-refractivity contribution in [1.29, 1.82) is 0 Å². The molecule has 1 fully saturated rings. The second kappa shape index (κ2) is 10.9. The third kappa shape index (κ3) is 6.60. The number of anilines is 1. The molecule has 0 amide bonds. The number of allylic oxidation sites excluding steroid dienone is 1. The monoisotopic (exact) mass is 455 g/mol. The molecule has 1 aromatic carbocycles. The minimum absolute atomic E-state index is 0.0696. The molecule has 0 radical (unpaired) electrons. The lowest BCUT2D eigenvalue weighted by atomic mass is 9.95. The molecule has 1 aromatic heterocycles. The van der Waals surface area contributed by atoms with E-state index < -0.39 is 5.60 Å². The first-order valence-corrected chi connectivity index (χ1v) is 11.4. The van der Waals surface area contributed by atoms with Crippen LogP contribution < -0.4 is 19.1 Å². The van der Waals surface area contributed by atoms with Crippen molar-refractivity contribution in [3.8, 4) is 17.4 Å². The summed E-state index contributed by atoms with van der Waals surface area (Å²) in [6, 6.07) is 8.41. The van der Waals surface area contributed by atoms with Gasteiger partial charge in [0, 0.05) is 20.1 Å². The second-order valence-electron chi connectivity index (χ2n) is 9.39. The number of rotatable bonds is 11. The summed E-state index contributed by atoms with van der Waals surface area (Å²) < 4.78 is 23.2. The van der Waals surface area contributed by atoms with Gasteiger partial charge in [0.2, 0.25) is 5.75 Å². The molecule has 1 aliphatic heterocycles. The molecule has 2 aromatic rings. The zero-order valence-corrected chi connectivity index (χ0v) is 20.8. The van der Waals surface area contributed by atoms with E-state index in [9.17, 15) is 0 Å². The summed E-state index contributed by atoms with van der Waals surface area (Å²) in [5.74, 6) is 2.99. The highest BCUT2D eigenvalue weighted by atomic mass is 16.6. The summed E-state index contributed by atoms with van der Waals surface area (Å²) in [7, 11) is 3.27. The highest BCUT2D eigenvalue weighted by Crippen LogP contribution is 2.36. The molecule has 0 N–H and O–H groups in total. The van der Waals surface area contributed by atoms with Crippen LogP contribution in [0.15, 0.2) is 42.7 Å². The lowest BCUT2D eigenvalue weighted by Crippen LogP contribution is -2.31. The van der Waals surface area contributed by atoms with Crippen molar-refractivity contribution in [2.24, 2.45) is 0 Å². The summed E-state index contributed by atoms with van der Waals surface area (Å²) in [6.07, 6.45) is 3.47. The van der Waals surface area contributed by atoms with Gasteiger partial charge < -0.3 is 23.8 Å². The maximum atomic E-state index is 6.26. The zero-order chi connectivity index (χ0) is 24.0. The molecule has 1 aliphatic rings. The summed E-state index contributed by atoms with van der Waals surface area (Å²) in [5, 5.41) is 0. The molecule has 2 atom stereocenters. The quantitative estimate of drug-likeness (QED) is 0.441. The first-order chi connectivity index (χ1) is 15.7. The van der Waals surface area contributed by atoms with Crippen molar-refractivity contribution in [3.05, 3.63) is 48.3 Å². The molecule has 180 valence electrons. The average Bonchev–Trinajstić information content (AvgIpc) is 3.25. The highest BCUT2D eigenvalue weighted by molar-refractivity contribution is 5.57. The van der Waals surface area contributed by atoms with Crippen molar-refractivity contribution in [2.45, 2.75) is 58.2 Å². The Balaban J connectivity index is 1.63. The number of hydrogen-bond donors (Lipinski definition) is 0. The Morgan fingerprint density at radius 2 is 1.94 bits per heavy atom. The molecule has 0 saturated carbocycles. The van der Waals surface area contributed by atoms with Gasteiger partial charge in [0.1, 0.15) is 24.8 Å². The van der Waals surface area contributed by atoms with Gasteiger partial charge in [-0.15, -0.1) is 6.58 Å². The Morgan fingerprint density at radius 3 is 2.58 bits per heavy atom. The van der Waals surface area contributed by atoms with Gasteiger partial charge in [-0.2, -0.15) is 4.98 Å². The van der Waals surface area contributed by atoms with E-state index >= 15 is 0 Å². The molecule has 7 heteroatoms. The fourth-order valence-corrected chi connectivity index (χ4v) is 3.88. The number of methoxy groups -OCH3 is 2. The number of benzene rings is 1. The Kier molecular flexibility index (Phi) is 8.19. The van der Waals surface area contributed by atoms with E-state index in [2.05, 4.69) is 59.6 Å². The maximum absolute atomic E-state index is 6.26. The Hall–Kier alpha value is -2.80. The van der Waals surface area contributed by atoms with E-state index in [4.69, 9.17) is 18.9 Å². The molecule has 3 rings (SSSR count). The molecule has 7 nitrogen and oxygen atoms in total. The normalized spacial score (nSPS) is 17.0. The minimum atomic E-state index is -0.430. The molecule has 2 heterocycles. The van der Waals surface area contributed by atoms with Crippen molar-refractivity contribution in [2.75, 3.05) is 38.8 Å². The summed E-state index contributed by atoms with van der Waals surface area (Å²) >= 11 is 0. The first-order valence-electron chi connectivity index (χ1n) is 11.4. The van der Waals surface area contributed by atoms with Gasteiger partial charge in [0.05, 0.1) is 19.3 Å². The van der Waals surface area contributed by atoms with Gasteiger partial charge in [-0.3, -0.25) is 0 Å². The predicted octanol–water partition coefficient (Wildman–Crippen LogP) is 5.02. The number of aromatic nitrogens is 2. The maximum Gasteiger partial charge on any atom is 0.262 e. The number of nitrogens with zero attached hydrogens (tertiary/aromatic N) is 3.